The van der Waals surface area contributed by atoms with Crippen molar-refractivity contribution in [3.05, 3.63) is 46.4 Å². The van der Waals surface area contributed by atoms with E-state index in [1.54, 1.807) is 18.3 Å². The van der Waals surface area contributed by atoms with Crippen molar-refractivity contribution in [2.45, 2.75) is 0 Å². The van der Waals surface area contributed by atoms with Gasteiger partial charge in [0.15, 0.2) is 0 Å². The number of fused-ring (bicyclic) bond motifs is 3. The molecule has 0 saturated heterocycles. The van der Waals surface area contributed by atoms with Gasteiger partial charge in [0.25, 0.3) is 0 Å². The Morgan fingerprint density at radius 1 is 1.28 bits per heavy atom. The Bertz CT molecular complexity index is 813. The monoisotopic (exact) mass is 243 g/mol. The Labute approximate surface area is 101 Å². The molecule has 3 rings (SSSR count). The van der Waals surface area contributed by atoms with Crippen LogP contribution in [-0.2, 0) is 4.74 Å². The van der Waals surface area contributed by atoms with Gasteiger partial charge in [0.2, 0.25) is 0 Å². The maximum atomic E-state index is 11.6. The first kappa shape index (κ1) is 10.6. The Hall–Kier alpha value is -2.56. The molecule has 0 spiro atoms. The normalized spacial score (nSPS) is 10.9. The number of carbonyl (C=O) groups is 1. The van der Waals surface area contributed by atoms with E-state index < -0.39 is 11.6 Å². The van der Waals surface area contributed by atoms with Crippen molar-refractivity contribution in [2.75, 3.05) is 7.11 Å². The minimum atomic E-state index is -0.573. The van der Waals surface area contributed by atoms with Crippen LogP contribution in [-0.4, -0.2) is 18.1 Å². The van der Waals surface area contributed by atoms with Crippen molar-refractivity contribution >= 4 is 27.8 Å². The Morgan fingerprint density at radius 2 is 2.11 bits per heavy atom. The molecule has 1 N–H and O–H groups in total. The van der Waals surface area contributed by atoms with E-state index >= 15 is 0 Å². The van der Waals surface area contributed by atoms with Crippen LogP contribution in [0.2, 0.25) is 0 Å². The molecule has 0 aliphatic heterocycles. The van der Waals surface area contributed by atoms with Crippen molar-refractivity contribution in [1.29, 1.82) is 0 Å². The third-order valence-electron chi connectivity index (χ3n) is 2.85. The lowest BCUT2D eigenvalue weighted by molar-refractivity contribution is 0.0602. The molecule has 0 aliphatic rings. The van der Waals surface area contributed by atoms with E-state index in [1.165, 1.54) is 7.11 Å². The fourth-order valence-corrected chi connectivity index (χ4v) is 2.03. The molecule has 18 heavy (non-hydrogen) atoms. The number of ether oxygens (including phenoxy) is 1. The summed E-state index contributed by atoms with van der Waals surface area (Å²) in [4.78, 5) is 26.2. The van der Waals surface area contributed by atoms with Crippen LogP contribution < -0.4 is 5.63 Å². The molecule has 0 fully saturated rings. The van der Waals surface area contributed by atoms with Gasteiger partial charge in [0.05, 0.1) is 12.7 Å². The smallest absolute Gasteiger partial charge is 0.338 e. The molecule has 2 aromatic heterocycles. The van der Waals surface area contributed by atoms with E-state index in [4.69, 9.17) is 4.42 Å². The molecular formula is C13H9NO4. The number of esters is 1. The average molecular weight is 243 g/mol. The predicted molar refractivity (Wildman–Crippen MR) is 65.7 cm³/mol. The number of methoxy groups -OCH3 is 1. The zero-order chi connectivity index (χ0) is 12.7. The third kappa shape index (κ3) is 1.41. The summed E-state index contributed by atoms with van der Waals surface area (Å²) in [6, 6.07) is 6.49. The van der Waals surface area contributed by atoms with Gasteiger partial charge >= 0.3 is 11.6 Å². The van der Waals surface area contributed by atoms with Gasteiger partial charge < -0.3 is 14.1 Å². The summed E-state index contributed by atoms with van der Waals surface area (Å²) in [5, 5.41) is 1.32. The Morgan fingerprint density at radius 3 is 2.89 bits per heavy atom. The molecule has 5 nitrogen and oxygen atoms in total. The van der Waals surface area contributed by atoms with Gasteiger partial charge in [-0.3, -0.25) is 0 Å². The van der Waals surface area contributed by atoms with Crippen LogP contribution in [0.3, 0.4) is 0 Å². The van der Waals surface area contributed by atoms with Gasteiger partial charge in [0.1, 0.15) is 5.58 Å². The van der Waals surface area contributed by atoms with Crippen LogP contribution in [0.5, 0.6) is 0 Å². The fourth-order valence-electron chi connectivity index (χ4n) is 2.03. The number of H-pyrrole nitrogens is 1. The molecule has 2 heterocycles. The van der Waals surface area contributed by atoms with Crippen LogP contribution in [0.4, 0.5) is 0 Å². The molecule has 0 bridgehead atoms. The lowest BCUT2D eigenvalue weighted by Crippen LogP contribution is -2.08. The van der Waals surface area contributed by atoms with E-state index in [-0.39, 0.29) is 5.56 Å². The molecule has 1 aromatic carbocycles. The molecule has 3 aromatic rings. The first-order chi connectivity index (χ1) is 8.70. The lowest BCUT2D eigenvalue weighted by atomic mass is 10.1. The second-order valence-corrected chi connectivity index (χ2v) is 3.85. The van der Waals surface area contributed by atoms with Crippen molar-refractivity contribution in [1.82, 2.24) is 4.98 Å². The van der Waals surface area contributed by atoms with E-state index in [0.29, 0.717) is 11.0 Å². The third-order valence-corrected chi connectivity index (χ3v) is 2.85. The van der Waals surface area contributed by atoms with Gasteiger partial charge in [-0.2, -0.15) is 0 Å². The van der Waals surface area contributed by atoms with Crippen molar-refractivity contribution in [2.24, 2.45) is 0 Å². The summed E-state index contributed by atoms with van der Waals surface area (Å²) < 4.78 is 9.85. The minimum Gasteiger partial charge on any atom is -0.465 e. The van der Waals surface area contributed by atoms with Gasteiger partial charge in [-0.05, 0) is 18.2 Å². The second-order valence-electron chi connectivity index (χ2n) is 3.85. The second kappa shape index (κ2) is 3.73. The lowest BCUT2D eigenvalue weighted by Gasteiger charge is -2.04. The van der Waals surface area contributed by atoms with Crippen LogP contribution >= 0.6 is 0 Å². The predicted octanol–water partition coefficient (Wildman–Crippen LogP) is 2.06. The Kier molecular flexibility index (Phi) is 2.19. The molecule has 0 aliphatic carbocycles. The maximum absolute atomic E-state index is 11.6. The van der Waals surface area contributed by atoms with Crippen LogP contribution in [0.1, 0.15) is 10.4 Å². The molecular weight excluding hydrogens is 234 g/mol. The van der Waals surface area contributed by atoms with Crippen molar-refractivity contribution in [3.8, 4) is 0 Å². The average Bonchev–Trinajstić information content (AvgIpc) is 2.85. The largest absolute Gasteiger partial charge is 0.465 e. The van der Waals surface area contributed by atoms with E-state index in [1.807, 2.05) is 6.07 Å². The summed E-state index contributed by atoms with van der Waals surface area (Å²) in [6.07, 6.45) is 1.74. The van der Waals surface area contributed by atoms with Gasteiger partial charge in [-0.1, -0.05) is 0 Å². The highest BCUT2D eigenvalue weighted by atomic mass is 16.5. The number of hydrogen-bond acceptors (Lipinski definition) is 4. The topological polar surface area (TPSA) is 72.3 Å². The van der Waals surface area contributed by atoms with E-state index in [2.05, 4.69) is 9.72 Å². The van der Waals surface area contributed by atoms with E-state index in [9.17, 15) is 9.59 Å². The minimum absolute atomic E-state index is 0.215. The quantitative estimate of drug-likeness (QED) is 0.524. The van der Waals surface area contributed by atoms with Gasteiger partial charge in [-0.15, -0.1) is 0 Å². The molecule has 0 saturated carbocycles. The van der Waals surface area contributed by atoms with Gasteiger partial charge in [-0.25, -0.2) is 9.59 Å². The van der Waals surface area contributed by atoms with Crippen molar-refractivity contribution < 1.29 is 13.9 Å². The first-order valence-corrected chi connectivity index (χ1v) is 5.33. The van der Waals surface area contributed by atoms with Crippen LogP contribution in [0, 0.1) is 0 Å². The number of carbonyl (C=O) groups excluding carboxylic acids is 1. The van der Waals surface area contributed by atoms with E-state index in [0.717, 1.165) is 17.0 Å². The molecule has 0 radical (unpaired) electrons. The molecule has 90 valence electrons. The van der Waals surface area contributed by atoms with Crippen molar-refractivity contribution in [3.63, 3.8) is 0 Å². The van der Waals surface area contributed by atoms with Crippen LogP contribution in [0.15, 0.2) is 39.7 Å². The van der Waals surface area contributed by atoms with Gasteiger partial charge in [0, 0.05) is 28.6 Å². The molecule has 0 amide bonds. The maximum Gasteiger partial charge on any atom is 0.338 e. The summed E-state index contributed by atoms with van der Waals surface area (Å²) in [6.45, 7) is 0. The standard InChI is InChI=1S/C13H9NO4/c1-17-13(16)9-6-11(15)18-12-7(9)2-3-10-8(12)4-5-14-10/h2-6,14H,1H3. The molecule has 5 heteroatoms. The zero-order valence-corrected chi connectivity index (χ0v) is 9.52. The fraction of sp³-hybridized carbons (Fsp3) is 0.0769. The summed E-state index contributed by atoms with van der Waals surface area (Å²) in [5.74, 6) is -0.553. The number of benzene rings is 1. The summed E-state index contributed by atoms with van der Waals surface area (Å²) in [7, 11) is 1.28. The number of aromatic amines is 1. The highest BCUT2D eigenvalue weighted by Crippen LogP contribution is 2.26. The number of aromatic nitrogens is 1. The SMILES string of the molecule is COC(=O)c1cc(=O)oc2c1ccc1[nH]ccc12. The Balaban J connectivity index is 2.51. The summed E-state index contributed by atoms with van der Waals surface area (Å²) >= 11 is 0. The molecule has 0 atom stereocenters. The summed E-state index contributed by atoms with van der Waals surface area (Å²) in [5.41, 5.74) is 0.873. The number of hydrogen-bond donors (Lipinski definition) is 1. The van der Waals surface area contributed by atoms with Crippen LogP contribution in [0.25, 0.3) is 21.9 Å². The number of rotatable bonds is 1. The number of nitrogens with one attached hydrogen (secondary N) is 1. The highest BCUT2D eigenvalue weighted by molar-refractivity contribution is 6.10. The zero-order valence-electron chi connectivity index (χ0n) is 9.52. The molecule has 0 unspecified atom stereocenters. The first-order valence-electron chi connectivity index (χ1n) is 5.33. The highest BCUT2D eigenvalue weighted by Gasteiger charge is 2.15.